The predicted octanol–water partition coefficient (Wildman–Crippen LogP) is 0.415. The molecule has 0 saturated heterocycles. The second kappa shape index (κ2) is 8.28. The van der Waals surface area contributed by atoms with Crippen molar-refractivity contribution < 1.29 is 15.0 Å². The van der Waals surface area contributed by atoms with Crippen LogP contribution in [0.3, 0.4) is 0 Å². The highest BCUT2D eigenvalue weighted by Crippen LogP contribution is 2.26. The van der Waals surface area contributed by atoms with Crippen LogP contribution in [0.4, 0.5) is 5.69 Å². The molecule has 0 saturated carbocycles. The number of aryl methyl sites for hydroxylation is 1. The molecule has 0 aliphatic carbocycles. The van der Waals surface area contributed by atoms with Crippen molar-refractivity contribution in [1.29, 1.82) is 0 Å². The van der Waals surface area contributed by atoms with Crippen LogP contribution < -0.4 is 15.1 Å². The van der Waals surface area contributed by atoms with Crippen LogP contribution in [0.1, 0.15) is 23.6 Å². The normalized spacial score (nSPS) is 15.1. The van der Waals surface area contributed by atoms with E-state index in [0.29, 0.717) is 12.6 Å². The molecule has 1 aliphatic heterocycles. The minimum Gasteiger partial charge on any atom is -0.333 e. The molecule has 25 heavy (non-hydrogen) atoms. The number of amides is 1. The number of nitrogens with zero attached hydrogens (tertiary/aromatic N) is 1. The Labute approximate surface area is 150 Å². The van der Waals surface area contributed by atoms with Gasteiger partial charge in [0.1, 0.15) is 6.54 Å². The van der Waals surface area contributed by atoms with Crippen molar-refractivity contribution >= 4 is 11.6 Å². The Balaban J connectivity index is 1.59. The Hall–Kier alpha value is -2.17. The molecule has 3 N–H and O–H groups in total. The molecule has 2 aromatic rings. The first-order valence-corrected chi connectivity index (χ1v) is 9.21. The lowest BCUT2D eigenvalue weighted by molar-refractivity contribution is -0.908. The molecule has 0 spiro atoms. The van der Waals surface area contributed by atoms with Gasteiger partial charge in [-0.25, -0.2) is 0 Å². The van der Waals surface area contributed by atoms with Crippen LogP contribution in [-0.4, -0.2) is 39.6 Å². The van der Waals surface area contributed by atoms with Crippen LogP contribution in [0, 0.1) is 0 Å². The van der Waals surface area contributed by atoms with Gasteiger partial charge in [-0.1, -0.05) is 48.5 Å². The van der Waals surface area contributed by atoms with Crippen LogP contribution in [0.2, 0.25) is 0 Å². The SMILES string of the molecule is C[NH+](C)[C@H](C[NH2+]CC(=O)N1CCCc2ccccc21)c1ccccc1. The lowest BCUT2D eigenvalue weighted by Gasteiger charge is -2.29. The van der Waals surface area contributed by atoms with Gasteiger partial charge in [0.25, 0.3) is 5.91 Å². The lowest BCUT2D eigenvalue weighted by Crippen LogP contribution is -3.09. The van der Waals surface area contributed by atoms with Gasteiger partial charge in [0, 0.05) is 17.8 Å². The Morgan fingerprint density at radius 3 is 2.60 bits per heavy atom. The molecule has 0 bridgehead atoms. The number of para-hydroxylation sites is 1. The maximum atomic E-state index is 12.7. The maximum Gasteiger partial charge on any atom is 0.282 e. The highest BCUT2D eigenvalue weighted by molar-refractivity contribution is 5.95. The number of carbonyl (C=O) groups excluding carboxylic acids is 1. The topological polar surface area (TPSA) is 41.4 Å². The van der Waals surface area contributed by atoms with Gasteiger partial charge in [0.15, 0.2) is 12.6 Å². The zero-order valence-corrected chi connectivity index (χ0v) is 15.2. The molecule has 0 fully saturated rings. The minimum absolute atomic E-state index is 0.215. The van der Waals surface area contributed by atoms with Gasteiger partial charge >= 0.3 is 0 Å². The van der Waals surface area contributed by atoms with Gasteiger partial charge < -0.3 is 15.1 Å². The van der Waals surface area contributed by atoms with E-state index in [1.165, 1.54) is 16.0 Å². The first kappa shape index (κ1) is 17.6. The first-order chi connectivity index (χ1) is 12.2. The Bertz CT molecular complexity index is 699. The summed E-state index contributed by atoms with van der Waals surface area (Å²) < 4.78 is 0. The van der Waals surface area contributed by atoms with Crippen molar-refractivity contribution in [2.24, 2.45) is 0 Å². The molecule has 3 rings (SSSR count). The van der Waals surface area contributed by atoms with Crippen molar-refractivity contribution in [3.63, 3.8) is 0 Å². The summed E-state index contributed by atoms with van der Waals surface area (Å²) in [4.78, 5) is 16.1. The molecule has 0 unspecified atom stereocenters. The number of likely N-dealkylation sites (N-methyl/N-ethyl adjacent to an activating group) is 1. The molecule has 4 heteroatoms. The molecule has 1 heterocycles. The second-order valence-electron chi connectivity index (χ2n) is 7.05. The zero-order valence-electron chi connectivity index (χ0n) is 15.2. The third-order valence-electron chi connectivity index (χ3n) is 5.03. The monoisotopic (exact) mass is 339 g/mol. The van der Waals surface area contributed by atoms with E-state index >= 15 is 0 Å². The molecular formula is C21H29N3O+2. The van der Waals surface area contributed by atoms with E-state index in [0.717, 1.165) is 31.6 Å². The Kier molecular flexibility index (Phi) is 5.84. The van der Waals surface area contributed by atoms with Gasteiger partial charge in [-0.3, -0.25) is 4.79 Å². The smallest absolute Gasteiger partial charge is 0.282 e. The summed E-state index contributed by atoms with van der Waals surface area (Å²) in [5.74, 6) is 0.215. The van der Waals surface area contributed by atoms with E-state index in [2.05, 4.69) is 61.9 Å². The summed E-state index contributed by atoms with van der Waals surface area (Å²) in [5, 5.41) is 2.16. The summed E-state index contributed by atoms with van der Waals surface area (Å²) in [7, 11) is 4.35. The molecule has 0 aromatic heterocycles. The highest BCUT2D eigenvalue weighted by atomic mass is 16.2. The van der Waals surface area contributed by atoms with E-state index in [1.807, 2.05) is 17.0 Å². The van der Waals surface area contributed by atoms with E-state index in [9.17, 15) is 4.79 Å². The van der Waals surface area contributed by atoms with Gasteiger partial charge in [-0.2, -0.15) is 0 Å². The molecule has 1 amide bonds. The van der Waals surface area contributed by atoms with E-state index in [-0.39, 0.29) is 5.91 Å². The molecular weight excluding hydrogens is 310 g/mol. The number of hydrogen-bond donors (Lipinski definition) is 2. The summed E-state index contributed by atoms with van der Waals surface area (Å²) >= 11 is 0. The quantitative estimate of drug-likeness (QED) is 0.787. The molecule has 2 aromatic carbocycles. The van der Waals surface area contributed by atoms with Crippen LogP contribution in [0.15, 0.2) is 54.6 Å². The number of nitrogens with two attached hydrogens (primary N) is 1. The molecule has 132 valence electrons. The number of quaternary nitrogens is 2. The van der Waals surface area contributed by atoms with E-state index < -0.39 is 0 Å². The fraction of sp³-hybridized carbons (Fsp3) is 0.381. The number of anilines is 1. The Morgan fingerprint density at radius 1 is 1.12 bits per heavy atom. The largest absolute Gasteiger partial charge is 0.333 e. The standard InChI is InChI=1S/C21H27N3O/c1-23(2)20(18-9-4-3-5-10-18)15-22-16-21(25)24-14-8-12-17-11-6-7-13-19(17)24/h3-7,9-11,13,20,22H,8,12,14-16H2,1-2H3/p+2/t20-/m1/s1. The van der Waals surface area contributed by atoms with Gasteiger partial charge in [-0.15, -0.1) is 0 Å². The first-order valence-electron chi connectivity index (χ1n) is 9.21. The maximum absolute atomic E-state index is 12.7. The van der Waals surface area contributed by atoms with Crippen LogP contribution in [-0.2, 0) is 11.2 Å². The minimum atomic E-state index is 0.215. The summed E-state index contributed by atoms with van der Waals surface area (Å²) in [6.07, 6.45) is 2.13. The fourth-order valence-corrected chi connectivity index (χ4v) is 3.67. The lowest BCUT2D eigenvalue weighted by atomic mass is 10.0. The third kappa shape index (κ3) is 4.27. The van der Waals surface area contributed by atoms with Crippen molar-refractivity contribution in [3.8, 4) is 0 Å². The predicted molar refractivity (Wildman–Crippen MR) is 101 cm³/mol. The van der Waals surface area contributed by atoms with Crippen LogP contribution in [0.25, 0.3) is 0 Å². The number of nitrogens with one attached hydrogen (secondary N) is 1. The average molecular weight is 339 g/mol. The van der Waals surface area contributed by atoms with Gasteiger partial charge in [-0.05, 0) is 24.5 Å². The van der Waals surface area contributed by atoms with Crippen molar-refractivity contribution in [3.05, 3.63) is 65.7 Å². The number of benzene rings is 2. The number of hydrogen-bond acceptors (Lipinski definition) is 1. The summed E-state index contributed by atoms with van der Waals surface area (Å²) in [6, 6.07) is 19.3. The summed E-state index contributed by atoms with van der Waals surface area (Å²) in [6.45, 7) is 2.25. The van der Waals surface area contributed by atoms with Crippen molar-refractivity contribution in [2.75, 3.05) is 38.6 Å². The van der Waals surface area contributed by atoms with Crippen molar-refractivity contribution in [2.45, 2.75) is 18.9 Å². The van der Waals surface area contributed by atoms with Gasteiger partial charge in [0.05, 0.1) is 14.1 Å². The molecule has 0 radical (unpaired) electrons. The van der Waals surface area contributed by atoms with Crippen molar-refractivity contribution in [1.82, 2.24) is 0 Å². The van der Waals surface area contributed by atoms with Gasteiger partial charge in [0.2, 0.25) is 0 Å². The third-order valence-corrected chi connectivity index (χ3v) is 5.03. The molecule has 4 nitrogen and oxygen atoms in total. The molecule has 1 atom stereocenters. The highest BCUT2D eigenvalue weighted by Gasteiger charge is 2.24. The van der Waals surface area contributed by atoms with Crippen LogP contribution in [0.5, 0.6) is 0 Å². The van der Waals surface area contributed by atoms with Crippen LogP contribution >= 0.6 is 0 Å². The van der Waals surface area contributed by atoms with E-state index in [1.54, 1.807) is 0 Å². The fourth-order valence-electron chi connectivity index (χ4n) is 3.67. The van der Waals surface area contributed by atoms with E-state index in [4.69, 9.17) is 0 Å². The number of rotatable bonds is 6. The summed E-state index contributed by atoms with van der Waals surface area (Å²) in [5.41, 5.74) is 3.72. The molecule has 1 aliphatic rings. The number of carbonyl (C=O) groups is 1. The second-order valence-corrected chi connectivity index (χ2v) is 7.05. The Morgan fingerprint density at radius 2 is 1.84 bits per heavy atom. The average Bonchev–Trinajstić information content (AvgIpc) is 2.65. The number of fused-ring (bicyclic) bond motifs is 1. The zero-order chi connectivity index (χ0) is 17.6.